The Kier molecular flexibility index (Phi) is 1.76. The lowest BCUT2D eigenvalue weighted by Gasteiger charge is -2.00. The lowest BCUT2D eigenvalue weighted by Crippen LogP contribution is -2.25. The maximum atomic E-state index is 12.3. The summed E-state index contributed by atoms with van der Waals surface area (Å²) in [5.41, 5.74) is 0. The van der Waals surface area contributed by atoms with E-state index in [1.165, 1.54) is 23.3 Å². The van der Waals surface area contributed by atoms with Crippen molar-refractivity contribution in [1.82, 2.24) is 4.57 Å². The van der Waals surface area contributed by atoms with Crippen LogP contribution in [0.25, 0.3) is 0 Å². The van der Waals surface area contributed by atoms with Crippen LogP contribution in [-0.4, -0.2) is 4.57 Å². The molecule has 10 heavy (non-hydrogen) atoms. The Balaban J connectivity index is 2.96. The highest BCUT2D eigenvalue weighted by Crippen LogP contribution is 2.26. The number of nitrogens with zero attached hydrogens (tertiary/aromatic N) is 2. The Hall–Kier alpha value is -0.450. The number of rotatable bonds is 1. The van der Waals surface area contributed by atoms with Gasteiger partial charge < -0.3 is 0 Å². The summed E-state index contributed by atoms with van der Waals surface area (Å²) < 4.78 is 27.0. The Bertz CT molecular complexity index is 228. The third kappa shape index (κ3) is 1.53. The molecule has 0 bridgehead atoms. The molecule has 0 N–H and O–H groups in total. The summed E-state index contributed by atoms with van der Waals surface area (Å²) in [6.45, 7) is 0. The van der Waals surface area contributed by atoms with E-state index in [0.29, 0.717) is 0 Å². The second kappa shape index (κ2) is 2.30. The molecule has 0 saturated carbocycles. The molecule has 0 aliphatic carbocycles. The predicted octanol–water partition coefficient (Wildman–Crippen LogP) is 1.21. The van der Waals surface area contributed by atoms with Gasteiger partial charge in [-0.25, -0.2) is 4.57 Å². The molecule has 1 aromatic heterocycles. The van der Waals surface area contributed by atoms with Crippen LogP contribution in [0.15, 0.2) is 18.7 Å². The molecule has 0 aromatic carbocycles. The Morgan fingerprint density at radius 2 is 2.20 bits per heavy atom. The van der Waals surface area contributed by atoms with E-state index in [-0.39, 0.29) is 0 Å². The molecule has 0 atom stereocenters. The molecule has 0 amide bonds. The summed E-state index contributed by atoms with van der Waals surface area (Å²) in [6, 6.07) is 0. The minimum Gasteiger partial charge on any atom is -0.239 e. The first-order chi connectivity index (χ1) is 4.50. The van der Waals surface area contributed by atoms with Crippen molar-refractivity contribution in [3.8, 4) is 0 Å². The fraction of sp³-hybridized carbons (Fsp3) is 0.400. The van der Waals surface area contributed by atoms with Crippen LogP contribution in [0, 0.1) is 0 Å². The summed E-state index contributed by atoms with van der Waals surface area (Å²) in [6.07, 6.45) is 4.11. The maximum Gasteiger partial charge on any atom is 0.456 e. The van der Waals surface area contributed by atoms with E-state index < -0.39 is 4.96 Å². The van der Waals surface area contributed by atoms with E-state index in [1.54, 1.807) is 7.05 Å². The zero-order valence-corrected chi connectivity index (χ0v) is 6.85. The first-order valence-electron chi connectivity index (χ1n) is 2.60. The van der Waals surface area contributed by atoms with Gasteiger partial charge in [-0.2, -0.15) is 4.57 Å². The second-order valence-corrected chi connectivity index (χ2v) is 2.91. The van der Waals surface area contributed by atoms with Crippen molar-refractivity contribution < 1.29 is 13.3 Å². The third-order valence-electron chi connectivity index (χ3n) is 1.06. The maximum absolute atomic E-state index is 12.3. The van der Waals surface area contributed by atoms with E-state index in [2.05, 4.69) is 15.9 Å². The highest BCUT2D eigenvalue weighted by molar-refractivity contribution is 9.09. The highest BCUT2D eigenvalue weighted by atomic mass is 79.9. The number of hydrogen-bond acceptors (Lipinski definition) is 0. The van der Waals surface area contributed by atoms with Crippen molar-refractivity contribution >= 4 is 15.9 Å². The monoisotopic (exact) mass is 211 g/mol. The first kappa shape index (κ1) is 7.65. The van der Waals surface area contributed by atoms with Gasteiger partial charge in [-0.05, 0) is 0 Å². The molecule has 1 aromatic rings. The molecule has 2 nitrogen and oxygen atoms in total. The smallest absolute Gasteiger partial charge is 0.239 e. The van der Waals surface area contributed by atoms with E-state index in [1.807, 2.05) is 0 Å². The minimum absolute atomic E-state index is 0.771. The van der Waals surface area contributed by atoms with Gasteiger partial charge in [0.25, 0.3) is 0 Å². The zero-order valence-electron chi connectivity index (χ0n) is 5.26. The second-order valence-electron chi connectivity index (χ2n) is 1.95. The van der Waals surface area contributed by atoms with Gasteiger partial charge in [0.15, 0.2) is 0 Å². The average molecular weight is 212 g/mol. The molecular formula is C5H6BrF2N2+. The number of aromatic nitrogens is 2. The average Bonchev–Trinajstić information content (AvgIpc) is 2.11. The molecular weight excluding hydrogens is 206 g/mol. The molecule has 1 heterocycles. The summed E-state index contributed by atoms with van der Waals surface area (Å²) in [5.74, 6) is 0. The lowest BCUT2D eigenvalue weighted by atomic mass is 10.9. The standard InChI is InChI=1S/C5H6BrF2N2/c1-9-2-3-10(4-9)5(6,7)8/h2-4H,1H3/q+1. The first-order valence-corrected chi connectivity index (χ1v) is 3.40. The molecule has 5 heteroatoms. The van der Waals surface area contributed by atoms with Gasteiger partial charge in [-0.1, -0.05) is 0 Å². The zero-order chi connectivity index (χ0) is 7.78. The van der Waals surface area contributed by atoms with Crippen LogP contribution in [0.4, 0.5) is 8.78 Å². The van der Waals surface area contributed by atoms with Crippen molar-refractivity contribution in [1.29, 1.82) is 0 Å². The molecule has 0 aliphatic heterocycles. The SMILES string of the molecule is C[n+]1ccn(C(F)(F)Br)c1. The molecule has 56 valence electrons. The van der Waals surface area contributed by atoms with Crippen molar-refractivity contribution in [3.63, 3.8) is 0 Å². The van der Waals surface area contributed by atoms with E-state index >= 15 is 0 Å². The number of alkyl halides is 3. The Labute approximate surface area is 65.2 Å². The van der Waals surface area contributed by atoms with Crippen LogP contribution in [0.3, 0.4) is 0 Å². The van der Waals surface area contributed by atoms with Gasteiger partial charge in [0.05, 0.1) is 7.05 Å². The van der Waals surface area contributed by atoms with Gasteiger partial charge in [0, 0.05) is 15.9 Å². The normalized spacial score (nSPS) is 12.0. The fourth-order valence-corrected chi connectivity index (χ4v) is 0.810. The van der Waals surface area contributed by atoms with Gasteiger partial charge in [-0.3, -0.25) is 0 Å². The number of aryl methyl sites for hydroxylation is 1. The Morgan fingerprint density at radius 1 is 1.60 bits per heavy atom. The van der Waals surface area contributed by atoms with E-state index in [4.69, 9.17) is 0 Å². The third-order valence-corrected chi connectivity index (χ3v) is 1.47. The van der Waals surface area contributed by atoms with Crippen molar-refractivity contribution in [2.75, 3.05) is 0 Å². The summed E-state index contributed by atoms with van der Waals surface area (Å²) in [4.78, 5) is -2.98. The molecule has 0 spiro atoms. The van der Waals surface area contributed by atoms with Crippen molar-refractivity contribution in [2.24, 2.45) is 7.05 Å². The summed E-state index contributed by atoms with van der Waals surface area (Å²) in [5, 5.41) is 0. The summed E-state index contributed by atoms with van der Waals surface area (Å²) >= 11 is 2.22. The molecule has 0 radical (unpaired) electrons. The van der Waals surface area contributed by atoms with Crippen LogP contribution in [-0.2, 0) is 12.0 Å². The van der Waals surface area contributed by atoms with Gasteiger partial charge >= 0.3 is 4.96 Å². The molecule has 0 aliphatic rings. The van der Waals surface area contributed by atoms with Crippen LogP contribution < -0.4 is 4.57 Å². The van der Waals surface area contributed by atoms with Crippen LogP contribution in [0.2, 0.25) is 0 Å². The van der Waals surface area contributed by atoms with Gasteiger partial charge in [-0.15, -0.1) is 8.78 Å². The Morgan fingerprint density at radius 3 is 2.40 bits per heavy atom. The van der Waals surface area contributed by atoms with E-state index in [9.17, 15) is 8.78 Å². The minimum atomic E-state index is -2.98. The van der Waals surface area contributed by atoms with Gasteiger partial charge in [0.2, 0.25) is 6.33 Å². The predicted molar refractivity (Wildman–Crippen MR) is 34.7 cm³/mol. The molecule has 0 fully saturated rings. The highest BCUT2D eigenvalue weighted by Gasteiger charge is 2.32. The van der Waals surface area contributed by atoms with Crippen LogP contribution in [0.5, 0.6) is 0 Å². The van der Waals surface area contributed by atoms with Crippen LogP contribution >= 0.6 is 15.9 Å². The van der Waals surface area contributed by atoms with Crippen molar-refractivity contribution in [3.05, 3.63) is 18.7 Å². The molecule has 0 saturated heterocycles. The lowest BCUT2D eigenvalue weighted by molar-refractivity contribution is -0.671. The molecule has 0 unspecified atom stereocenters. The fourth-order valence-electron chi connectivity index (χ4n) is 0.600. The quantitative estimate of drug-likeness (QED) is 0.488. The van der Waals surface area contributed by atoms with Gasteiger partial charge in [0.1, 0.15) is 12.4 Å². The van der Waals surface area contributed by atoms with Crippen molar-refractivity contribution in [2.45, 2.75) is 4.96 Å². The van der Waals surface area contributed by atoms with E-state index in [0.717, 1.165) is 4.57 Å². The number of halogens is 3. The topological polar surface area (TPSA) is 8.81 Å². The molecule has 1 rings (SSSR count). The number of imidazole rings is 1. The van der Waals surface area contributed by atoms with Crippen LogP contribution in [0.1, 0.15) is 0 Å². The number of hydrogen-bond donors (Lipinski definition) is 0. The summed E-state index contributed by atoms with van der Waals surface area (Å²) in [7, 11) is 1.68. The largest absolute Gasteiger partial charge is 0.456 e.